The van der Waals surface area contributed by atoms with Crippen LogP contribution >= 0.6 is 15.9 Å². The molecule has 1 heterocycles. The van der Waals surface area contributed by atoms with Crippen LogP contribution in [0.15, 0.2) is 22.9 Å². The molecule has 1 atom stereocenters. The minimum absolute atomic E-state index is 0.117. The molecule has 0 aliphatic rings. The van der Waals surface area contributed by atoms with Gasteiger partial charge in [0.05, 0.1) is 6.20 Å². The molecular weight excluding hydrogens is 280 g/mol. The molecule has 0 saturated heterocycles. The van der Waals surface area contributed by atoms with Gasteiger partial charge in [-0.2, -0.15) is 0 Å². The summed E-state index contributed by atoms with van der Waals surface area (Å²) in [5.74, 6) is 0.807. The van der Waals surface area contributed by atoms with Gasteiger partial charge in [-0.05, 0) is 49.2 Å². The Labute approximate surface area is 112 Å². The van der Waals surface area contributed by atoms with Crippen LogP contribution in [0.3, 0.4) is 0 Å². The average molecular weight is 301 g/mol. The average Bonchev–Trinajstić information content (AvgIpc) is 2.23. The van der Waals surface area contributed by atoms with Crippen molar-refractivity contribution >= 4 is 15.9 Å². The Balaban J connectivity index is 2.52. The van der Waals surface area contributed by atoms with Crippen molar-refractivity contribution in [3.05, 3.63) is 22.9 Å². The Kier molecular flexibility index (Phi) is 5.40. The summed E-state index contributed by atoms with van der Waals surface area (Å²) in [4.78, 5) is 4.09. The largest absolute Gasteiger partial charge is 0.487 e. The van der Waals surface area contributed by atoms with E-state index in [0.717, 1.165) is 23.2 Å². The van der Waals surface area contributed by atoms with Crippen LogP contribution in [-0.2, 0) is 0 Å². The van der Waals surface area contributed by atoms with E-state index in [1.165, 1.54) is 0 Å². The third-order valence-electron chi connectivity index (χ3n) is 2.30. The van der Waals surface area contributed by atoms with Gasteiger partial charge in [-0.15, -0.1) is 0 Å². The highest BCUT2D eigenvalue weighted by Crippen LogP contribution is 2.17. The molecule has 0 bridgehead atoms. The summed E-state index contributed by atoms with van der Waals surface area (Å²) in [6.45, 7) is 9.42. The Morgan fingerprint density at radius 1 is 1.41 bits per heavy atom. The van der Waals surface area contributed by atoms with E-state index in [4.69, 9.17) is 4.74 Å². The van der Waals surface area contributed by atoms with Crippen molar-refractivity contribution in [3.63, 3.8) is 0 Å². The summed E-state index contributed by atoms with van der Waals surface area (Å²) in [6, 6.07) is 1.94. The van der Waals surface area contributed by atoms with Crippen LogP contribution in [0, 0.1) is 0 Å². The topological polar surface area (TPSA) is 34.1 Å². The lowest BCUT2D eigenvalue weighted by atomic mass is 10.1. The fraction of sp³-hybridized carbons (Fsp3) is 0.615. The highest BCUT2D eigenvalue weighted by Gasteiger charge is 2.14. The Morgan fingerprint density at radius 3 is 2.65 bits per heavy atom. The first-order valence-corrected chi connectivity index (χ1v) is 6.72. The lowest BCUT2D eigenvalue weighted by Gasteiger charge is -2.25. The zero-order valence-electron chi connectivity index (χ0n) is 11.0. The van der Waals surface area contributed by atoms with Gasteiger partial charge in [0.1, 0.15) is 11.9 Å². The summed E-state index contributed by atoms with van der Waals surface area (Å²) >= 11 is 3.39. The second kappa shape index (κ2) is 6.36. The van der Waals surface area contributed by atoms with Gasteiger partial charge in [0, 0.05) is 22.8 Å². The maximum absolute atomic E-state index is 5.88. The molecule has 1 aromatic rings. The van der Waals surface area contributed by atoms with E-state index in [-0.39, 0.29) is 11.6 Å². The second-order valence-electron chi connectivity index (χ2n) is 5.12. The van der Waals surface area contributed by atoms with Crippen molar-refractivity contribution in [3.8, 4) is 5.75 Å². The fourth-order valence-corrected chi connectivity index (χ4v) is 1.68. The van der Waals surface area contributed by atoms with Crippen LogP contribution < -0.4 is 10.1 Å². The molecular formula is C13H21BrN2O. The zero-order chi connectivity index (χ0) is 12.9. The van der Waals surface area contributed by atoms with E-state index in [2.05, 4.69) is 53.9 Å². The molecule has 0 aromatic carbocycles. The standard InChI is InChI=1S/C13H21BrN2O/c1-5-11(9-16-13(2,3)4)17-12-6-10(14)7-15-8-12/h6-8,11,16H,5,9H2,1-4H3. The molecule has 1 unspecified atom stereocenters. The smallest absolute Gasteiger partial charge is 0.139 e. The molecule has 1 rings (SSSR count). The number of pyridine rings is 1. The quantitative estimate of drug-likeness (QED) is 0.905. The van der Waals surface area contributed by atoms with Gasteiger partial charge in [0.25, 0.3) is 0 Å². The van der Waals surface area contributed by atoms with Crippen molar-refractivity contribution < 1.29 is 4.74 Å². The van der Waals surface area contributed by atoms with Crippen LogP contribution in [0.1, 0.15) is 34.1 Å². The lowest BCUT2D eigenvalue weighted by molar-refractivity contribution is 0.180. The molecule has 1 N–H and O–H groups in total. The van der Waals surface area contributed by atoms with Crippen LogP contribution in [-0.4, -0.2) is 23.2 Å². The number of nitrogens with one attached hydrogen (secondary N) is 1. The minimum atomic E-state index is 0.117. The van der Waals surface area contributed by atoms with E-state index in [1.54, 1.807) is 12.4 Å². The molecule has 0 fully saturated rings. The normalized spacial score (nSPS) is 13.5. The van der Waals surface area contributed by atoms with Gasteiger partial charge in [0.15, 0.2) is 0 Å². The number of ether oxygens (including phenoxy) is 1. The summed E-state index contributed by atoms with van der Waals surface area (Å²) in [5.41, 5.74) is 0.117. The molecule has 4 heteroatoms. The lowest BCUT2D eigenvalue weighted by Crippen LogP contribution is -2.42. The monoisotopic (exact) mass is 300 g/mol. The molecule has 0 amide bonds. The van der Waals surface area contributed by atoms with Crippen molar-refractivity contribution in [2.24, 2.45) is 0 Å². The Bertz CT molecular complexity index is 350. The first-order chi connectivity index (χ1) is 7.90. The number of aromatic nitrogens is 1. The van der Waals surface area contributed by atoms with Gasteiger partial charge in [-0.1, -0.05) is 6.92 Å². The Hall–Kier alpha value is -0.610. The molecule has 0 aliphatic carbocycles. The van der Waals surface area contributed by atoms with Crippen molar-refractivity contribution in [2.45, 2.75) is 45.8 Å². The second-order valence-corrected chi connectivity index (χ2v) is 6.03. The van der Waals surface area contributed by atoms with Crippen LogP contribution in [0.4, 0.5) is 0 Å². The van der Waals surface area contributed by atoms with E-state index < -0.39 is 0 Å². The van der Waals surface area contributed by atoms with Gasteiger partial charge in [-0.3, -0.25) is 4.98 Å². The Morgan fingerprint density at radius 2 is 2.12 bits per heavy atom. The van der Waals surface area contributed by atoms with Crippen molar-refractivity contribution in [2.75, 3.05) is 6.54 Å². The van der Waals surface area contributed by atoms with E-state index in [1.807, 2.05) is 6.07 Å². The van der Waals surface area contributed by atoms with E-state index in [9.17, 15) is 0 Å². The maximum atomic E-state index is 5.88. The third-order valence-corrected chi connectivity index (χ3v) is 2.73. The summed E-state index contributed by atoms with van der Waals surface area (Å²) in [6.07, 6.45) is 4.63. The fourth-order valence-electron chi connectivity index (χ4n) is 1.34. The number of rotatable bonds is 5. The molecule has 0 spiro atoms. The van der Waals surface area contributed by atoms with E-state index in [0.29, 0.717) is 0 Å². The highest BCUT2D eigenvalue weighted by atomic mass is 79.9. The van der Waals surface area contributed by atoms with Crippen LogP contribution in [0.5, 0.6) is 5.75 Å². The third kappa shape index (κ3) is 6.03. The maximum Gasteiger partial charge on any atom is 0.139 e. The minimum Gasteiger partial charge on any atom is -0.487 e. The van der Waals surface area contributed by atoms with Gasteiger partial charge in [0.2, 0.25) is 0 Å². The summed E-state index contributed by atoms with van der Waals surface area (Å²) in [7, 11) is 0. The van der Waals surface area contributed by atoms with Gasteiger partial charge < -0.3 is 10.1 Å². The molecule has 0 saturated carbocycles. The molecule has 96 valence electrons. The predicted octanol–water partition coefficient (Wildman–Crippen LogP) is 3.39. The number of nitrogens with zero attached hydrogens (tertiary/aromatic N) is 1. The molecule has 0 aliphatic heterocycles. The van der Waals surface area contributed by atoms with Crippen molar-refractivity contribution in [1.82, 2.24) is 10.3 Å². The summed E-state index contributed by atoms with van der Waals surface area (Å²) in [5, 5.41) is 3.45. The predicted molar refractivity (Wildman–Crippen MR) is 74.4 cm³/mol. The molecule has 1 aromatic heterocycles. The van der Waals surface area contributed by atoms with Gasteiger partial charge in [-0.25, -0.2) is 0 Å². The zero-order valence-corrected chi connectivity index (χ0v) is 12.5. The number of halogens is 1. The number of hydrogen-bond acceptors (Lipinski definition) is 3. The molecule has 0 radical (unpaired) electrons. The molecule has 17 heavy (non-hydrogen) atoms. The van der Waals surface area contributed by atoms with Crippen LogP contribution in [0.2, 0.25) is 0 Å². The van der Waals surface area contributed by atoms with E-state index >= 15 is 0 Å². The van der Waals surface area contributed by atoms with Gasteiger partial charge >= 0.3 is 0 Å². The highest BCUT2D eigenvalue weighted by molar-refractivity contribution is 9.10. The summed E-state index contributed by atoms with van der Waals surface area (Å²) < 4.78 is 6.82. The van der Waals surface area contributed by atoms with Crippen LogP contribution in [0.25, 0.3) is 0 Å². The SMILES string of the molecule is CCC(CNC(C)(C)C)Oc1cncc(Br)c1. The van der Waals surface area contributed by atoms with Crippen molar-refractivity contribution in [1.29, 1.82) is 0 Å². The molecule has 3 nitrogen and oxygen atoms in total. The number of hydrogen-bond donors (Lipinski definition) is 1. The first kappa shape index (κ1) is 14.5. The first-order valence-electron chi connectivity index (χ1n) is 5.93.